The third-order valence-corrected chi connectivity index (χ3v) is 4.14. The van der Waals surface area contributed by atoms with Crippen LogP contribution in [0, 0.1) is 0 Å². The predicted octanol–water partition coefficient (Wildman–Crippen LogP) is 5.67. The molecule has 1 N–H and O–H groups in total. The molecule has 19 heavy (non-hydrogen) atoms. The van der Waals surface area contributed by atoms with Crippen LogP contribution in [0.5, 0.6) is 0 Å². The van der Waals surface area contributed by atoms with E-state index in [1.54, 1.807) is 0 Å². The molecule has 0 heterocycles. The van der Waals surface area contributed by atoms with Crippen LogP contribution in [0.1, 0.15) is 84.0 Å². The van der Waals surface area contributed by atoms with E-state index in [9.17, 15) is 0 Å². The fourth-order valence-electron chi connectivity index (χ4n) is 2.30. The number of nitrogens with one attached hydrogen (secondary N) is 1. The highest BCUT2D eigenvalue weighted by molar-refractivity contribution is 7.16. The lowest BCUT2D eigenvalue weighted by atomic mass is 10.1. The lowest BCUT2D eigenvalue weighted by Gasteiger charge is -2.06. The summed E-state index contributed by atoms with van der Waals surface area (Å²) < 4.78 is 0. The van der Waals surface area contributed by atoms with Crippen molar-refractivity contribution in [2.75, 3.05) is 12.7 Å². The van der Waals surface area contributed by atoms with Crippen LogP contribution in [0.25, 0.3) is 0 Å². The van der Waals surface area contributed by atoms with Gasteiger partial charge in [0.1, 0.15) is 0 Å². The molecule has 1 atom stereocenters. The first-order valence-electron chi connectivity index (χ1n) is 8.43. The third kappa shape index (κ3) is 15.9. The monoisotopic (exact) mass is 285 g/mol. The van der Waals surface area contributed by atoms with E-state index in [0.717, 1.165) is 18.4 Å². The topological polar surface area (TPSA) is 12.0 Å². The summed E-state index contributed by atoms with van der Waals surface area (Å²) in [6.45, 7) is 7.32. The minimum Gasteiger partial charge on any atom is -0.389 e. The first-order valence-corrected chi connectivity index (χ1v) is 9.24. The van der Waals surface area contributed by atoms with E-state index in [-0.39, 0.29) is 0 Å². The molecular weight excluding hydrogens is 249 g/mol. The summed E-state index contributed by atoms with van der Waals surface area (Å²) in [6, 6.07) is 0. The van der Waals surface area contributed by atoms with Gasteiger partial charge in [-0.25, -0.2) is 0 Å². The molecule has 0 aliphatic carbocycles. The number of hydrogen-bond donors (Lipinski definition) is 1. The van der Waals surface area contributed by atoms with Crippen molar-refractivity contribution < 1.29 is 0 Å². The molecule has 0 bridgehead atoms. The standard InChI is InChI=1S/C17H36NP/c1-3-4-5-6-7-8-9-10-11-12-13-14-15-18-17(2)16-19/h18H,2-16,19H2,1H3. The van der Waals surface area contributed by atoms with E-state index >= 15 is 0 Å². The first-order chi connectivity index (χ1) is 9.31. The van der Waals surface area contributed by atoms with E-state index < -0.39 is 0 Å². The lowest BCUT2D eigenvalue weighted by molar-refractivity contribution is 0.541. The van der Waals surface area contributed by atoms with Crippen molar-refractivity contribution in [1.29, 1.82) is 0 Å². The molecule has 0 fully saturated rings. The third-order valence-electron chi connectivity index (χ3n) is 3.65. The summed E-state index contributed by atoms with van der Waals surface area (Å²) >= 11 is 0. The van der Waals surface area contributed by atoms with Crippen molar-refractivity contribution in [1.82, 2.24) is 5.32 Å². The fourth-order valence-corrected chi connectivity index (χ4v) is 2.45. The molecule has 0 aromatic heterocycles. The second-order valence-corrected chi connectivity index (χ2v) is 6.03. The Labute approximate surface area is 124 Å². The summed E-state index contributed by atoms with van der Waals surface area (Å²) in [7, 11) is 2.70. The highest BCUT2D eigenvalue weighted by Crippen LogP contribution is 2.11. The van der Waals surface area contributed by atoms with Crippen LogP contribution >= 0.6 is 9.24 Å². The first kappa shape index (κ1) is 19.0. The maximum atomic E-state index is 3.94. The predicted molar refractivity (Wildman–Crippen MR) is 92.8 cm³/mol. The van der Waals surface area contributed by atoms with Crippen LogP contribution in [-0.2, 0) is 0 Å². The molecular formula is C17H36NP. The van der Waals surface area contributed by atoms with E-state index in [4.69, 9.17) is 0 Å². The van der Waals surface area contributed by atoms with Crippen LogP contribution < -0.4 is 5.32 Å². The SMILES string of the molecule is C=C(CP)NCCCCCCCCCCCCCC. The van der Waals surface area contributed by atoms with Gasteiger partial charge in [-0.2, -0.15) is 0 Å². The molecule has 0 radical (unpaired) electrons. The Morgan fingerprint density at radius 2 is 1.21 bits per heavy atom. The average Bonchev–Trinajstić information content (AvgIpc) is 2.43. The summed E-state index contributed by atoms with van der Waals surface area (Å²) in [5.74, 6) is 0. The van der Waals surface area contributed by atoms with E-state index in [1.165, 1.54) is 77.0 Å². The summed E-state index contributed by atoms with van der Waals surface area (Å²) in [4.78, 5) is 0. The van der Waals surface area contributed by atoms with Gasteiger partial charge in [0.15, 0.2) is 0 Å². The number of allylic oxidation sites excluding steroid dienone is 1. The Kier molecular flexibility index (Phi) is 16.0. The lowest BCUT2D eigenvalue weighted by Crippen LogP contribution is -2.14. The second kappa shape index (κ2) is 16.0. The van der Waals surface area contributed by atoms with Crippen molar-refractivity contribution >= 4 is 9.24 Å². The quantitative estimate of drug-likeness (QED) is 0.302. The summed E-state index contributed by atoms with van der Waals surface area (Å²) in [5.41, 5.74) is 1.15. The number of rotatable bonds is 15. The summed E-state index contributed by atoms with van der Waals surface area (Å²) in [5, 5.41) is 3.35. The van der Waals surface area contributed by atoms with E-state index in [1.807, 2.05) is 0 Å². The van der Waals surface area contributed by atoms with E-state index in [0.29, 0.717) is 0 Å². The van der Waals surface area contributed by atoms with Crippen molar-refractivity contribution in [2.45, 2.75) is 84.0 Å². The fraction of sp³-hybridized carbons (Fsp3) is 0.882. The van der Waals surface area contributed by atoms with Gasteiger partial charge >= 0.3 is 0 Å². The molecule has 0 aromatic carbocycles. The Bertz CT molecular complexity index is 192. The highest BCUT2D eigenvalue weighted by atomic mass is 31.0. The number of unbranched alkanes of at least 4 members (excludes halogenated alkanes) is 11. The van der Waals surface area contributed by atoms with Gasteiger partial charge in [-0.05, 0) is 6.42 Å². The van der Waals surface area contributed by atoms with Gasteiger partial charge < -0.3 is 5.32 Å². The highest BCUT2D eigenvalue weighted by Gasteiger charge is 1.94. The van der Waals surface area contributed by atoms with Crippen LogP contribution in [0.4, 0.5) is 0 Å². The molecule has 0 saturated heterocycles. The minimum atomic E-state index is 0.970. The average molecular weight is 285 g/mol. The van der Waals surface area contributed by atoms with Gasteiger partial charge in [0.05, 0.1) is 0 Å². The van der Waals surface area contributed by atoms with Crippen molar-refractivity contribution in [3.63, 3.8) is 0 Å². The van der Waals surface area contributed by atoms with Crippen LogP contribution in [0.15, 0.2) is 12.3 Å². The molecule has 0 saturated carbocycles. The van der Waals surface area contributed by atoms with Gasteiger partial charge in [-0.3, -0.25) is 0 Å². The Morgan fingerprint density at radius 3 is 1.63 bits per heavy atom. The molecule has 0 aliphatic heterocycles. The second-order valence-electron chi connectivity index (χ2n) is 5.62. The maximum Gasteiger partial charge on any atom is 0.0143 e. The van der Waals surface area contributed by atoms with Gasteiger partial charge in [0.2, 0.25) is 0 Å². The zero-order valence-electron chi connectivity index (χ0n) is 13.2. The molecule has 2 heteroatoms. The zero-order chi connectivity index (χ0) is 14.2. The van der Waals surface area contributed by atoms with Gasteiger partial charge in [-0.15, -0.1) is 9.24 Å². The zero-order valence-corrected chi connectivity index (χ0v) is 14.3. The molecule has 1 nitrogen and oxygen atoms in total. The molecule has 0 amide bonds. The van der Waals surface area contributed by atoms with Crippen LogP contribution in [-0.4, -0.2) is 12.7 Å². The minimum absolute atomic E-state index is 0.970. The Morgan fingerprint density at radius 1 is 0.789 bits per heavy atom. The maximum absolute atomic E-state index is 3.94. The molecule has 0 rings (SSSR count). The van der Waals surface area contributed by atoms with E-state index in [2.05, 4.69) is 28.1 Å². The molecule has 114 valence electrons. The Balaban J connectivity index is 2.97. The van der Waals surface area contributed by atoms with Gasteiger partial charge in [-0.1, -0.05) is 84.1 Å². The molecule has 0 aliphatic rings. The number of hydrogen-bond acceptors (Lipinski definition) is 1. The molecule has 0 aromatic rings. The summed E-state index contributed by atoms with van der Waals surface area (Å²) in [6.07, 6.45) is 18.0. The Hall–Kier alpha value is -0.0300. The largest absolute Gasteiger partial charge is 0.389 e. The normalized spacial score (nSPS) is 10.6. The van der Waals surface area contributed by atoms with Gasteiger partial charge in [0.25, 0.3) is 0 Å². The molecule has 0 spiro atoms. The van der Waals surface area contributed by atoms with Crippen LogP contribution in [0.2, 0.25) is 0 Å². The van der Waals surface area contributed by atoms with Crippen LogP contribution in [0.3, 0.4) is 0 Å². The van der Waals surface area contributed by atoms with Crippen molar-refractivity contribution in [3.05, 3.63) is 12.3 Å². The smallest absolute Gasteiger partial charge is 0.0143 e. The molecule has 1 unspecified atom stereocenters. The van der Waals surface area contributed by atoms with Gasteiger partial charge in [0, 0.05) is 18.4 Å². The van der Waals surface area contributed by atoms with Crippen molar-refractivity contribution in [3.8, 4) is 0 Å². The van der Waals surface area contributed by atoms with Crippen molar-refractivity contribution in [2.24, 2.45) is 0 Å².